The molecule has 0 aromatic heterocycles. The molecule has 0 fully saturated rings. The molecule has 0 bridgehead atoms. The van der Waals surface area contributed by atoms with Crippen molar-refractivity contribution in [3.05, 3.63) is 84.9 Å². The first kappa shape index (κ1) is 13.7. The third kappa shape index (κ3) is 3.32. The SMILES string of the molecule is C=C(C(=C)c1ccccc1)c1ccccc1.[H-].[H-].[Mg+2]. The molecule has 0 heterocycles. The molecule has 0 nitrogen and oxygen atoms in total. The molecule has 0 spiro atoms. The van der Waals surface area contributed by atoms with Crippen LogP contribution in [0.4, 0.5) is 0 Å². The van der Waals surface area contributed by atoms with Crippen molar-refractivity contribution in [3.8, 4) is 0 Å². The molecular weight excluding hydrogens is 216 g/mol. The van der Waals surface area contributed by atoms with Crippen LogP contribution in [0.2, 0.25) is 0 Å². The Hall–Kier alpha value is -1.31. The van der Waals surface area contributed by atoms with Crippen molar-refractivity contribution in [2.75, 3.05) is 0 Å². The van der Waals surface area contributed by atoms with Gasteiger partial charge in [0.1, 0.15) is 0 Å². The third-order valence-electron chi connectivity index (χ3n) is 2.61. The zero-order valence-electron chi connectivity index (χ0n) is 11.9. The topological polar surface area (TPSA) is 0 Å². The van der Waals surface area contributed by atoms with E-state index in [0.717, 1.165) is 22.3 Å². The zero-order chi connectivity index (χ0) is 11.4. The molecule has 2 rings (SSSR count). The van der Waals surface area contributed by atoms with Crippen LogP contribution in [0.3, 0.4) is 0 Å². The van der Waals surface area contributed by atoms with Crippen molar-refractivity contribution < 1.29 is 2.85 Å². The first-order chi connectivity index (χ1) is 7.79. The van der Waals surface area contributed by atoms with Crippen LogP contribution in [0.1, 0.15) is 14.0 Å². The van der Waals surface area contributed by atoms with Crippen LogP contribution in [0.15, 0.2) is 73.8 Å². The molecule has 0 aliphatic heterocycles. The smallest absolute Gasteiger partial charge is 1.00 e. The first-order valence-corrected chi connectivity index (χ1v) is 5.28. The van der Waals surface area contributed by atoms with Crippen LogP contribution in [0.5, 0.6) is 0 Å². The van der Waals surface area contributed by atoms with Crippen LogP contribution in [0.25, 0.3) is 11.1 Å². The van der Waals surface area contributed by atoms with Gasteiger partial charge >= 0.3 is 23.1 Å². The van der Waals surface area contributed by atoms with Gasteiger partial charge in [0.05, 0.1) is 0 Å². The normalized spacial score (nSPS) is 9.18. The van der Waals surface area contributed by atoms with Gasteiger partial charge in [-0.3, -0.25) is 0 Å². The summed E-state index contributed by atoms with van der Waals surface area (Å²) in [6.45, 7) is 8.20. The average molecular weight is 233 g/mol. The predicted molar refractivity (Wildman–Crippen MR) is 78.9 cm³/mol. The van der Waals surface area contributed by atoms with Crippen molar-refractivity contribution >= 4 is 34.2 Å². The van der Waals surface area contributed by atoms with E-state index in [1.807, 2.05) is 36.4 Å². The largest absolute Gasteiger partial charge is 2.00 e. The van der Waals surface area contributed by atoms with Crippen molar-refractivity contribution in [1.29, 1.82) is 0 Å². The fourth-order valence-corrected chi connectivity index (χ4v) is 1.63. The Labute approximate surface area is 122 Å². The van der Waals surface area contributed by atoms with Gasteiger partial charge in [-0.1, -0.05) is 73.8 Å². The molecule has 2 aromatic carbocycles. The summed E-state index contributed by atoms with van der Waals surface area (Å²) in [6.07, 6.45) is 0. The maximum absolute atomic E-state index is 4.10. The third-order valence-corrected chi connectivity index (χ3v) is 2.61. The van der Waals surface area contributed by atoms with E-state index in [9.17, 15) is 0 Å². The Bertz CT molecular complexity index is 457. The van der Waals surface area contributed by atoms with E-state index in [0.29, 0.717) is 0 Å². The molecule has 0 saturated carbocycles. The van der Waals surface area contributed by atoms with Gasteiger partial charge in [-0.15, -0.1) is 0 Å². The number of hydrogen-bond acceptors (Lipinski definition) is 0. The van der Waals surface area contributed by atoms with E-state index in [4.69, 9.17) is 0 Å². The molecule has 0 unspecified atom stereocenters. The summed E-state index contributed by atoms with van der Waals surface area (Å²) in [5.74, 6) is 0. The molecule has 0 atom stereocenters. The van der Waals surface area contributed by atoms with Crippen LogP contribution in [0, 0.1) is 0 Å². The number of rotatable bonds is 3. The molecule has 0 aliphatic carbocycles. The van der Waals surface area contributed by atoms with Gasteiger partial charge < -0.3 is 2.85 Å². The minimum Gasteiger partial charge on any atom is -1.00 e. The Morgan fingerprint density at radius 2 is 0.941 bits per heavy atom. The second-order valence-electron chi connectivity index (χ2n) is 3.69. The van der Waals surface area contributed by atoms with E-state index in [1.54, 1.807) is 0 Å². The van der Waals surface area contributed by atoms with Crippen LogP contribution >= 0.6 is 0 Å². The van der Waals surface area contributed by atoms with Crippen molar-refractivity contribution in [2.24, 2.45) is 0 Å². The van der Waals surface area contributed by atoms with Crippen LogP contribution in [-0.2, 0) is 0 Å². The summed E-state index contributed by atoms with van der Waals surface area (Å²) in [7, 11) is 0. The standard InChI is InChI=1S/C16H14.Mg.2H/c1-13(15-9-5-3-6-10-15)14(2)16-11-7-4-8-12-16;;;/h3-12H,1-2H2;;;/q;+2;2*-1. The van der Waals surface area contributed by atoms with Gasteiger partial charge in [0.2, 0.25) is 0 Å². The summed E-state index contributed by atoms with van der Waals surface area (Å²) in [5.41, 5.74) is 4.20. The summed E-state index contributed by atoms with van der Waals surface area (Å²) < 4.78 is 0. The second kappa shape index (κ2) is 6.43. The second-order valence-corrected chi connectivity index (χ2v) is 3.69. The fraction of sp³-hybridized carbons (Fsp3) is 0. The molecule has 82 valence electrons. The van der Waals surface area contributed by atoms with Crippen molar-refractivity contribution in [2.45, 2.75) is 0 Å². The molecule has 0 N–H and O–H groups in total. The molecule has 2 aromatic rings. The van der Waals surface area contributed by atoms with Crippen LogP contribution in [-0.4, -0.2) is 23.1 Å². The van der Waals surface area contributed by atoms with Crippen molar-refractivity contribution in [1.82, 2.24) is 0 Å². The minimum absolute atomic E-state index is 0. The Balaban J connectivity index is 0. The van der Waals surface area contributed by atoms with Gasteiger partial charge in [-0.2, -0.15) is 0 Å². The predicted octanol–water partition coefficient (Wildman–Crippen LogP) is 4.26. The number of benzene rings is 2. The number of allylic oxidation sites excluding steroid dienone is 2. The average Bonchev–Trinajstić information content (AvgIpc) is 2.39. The van der Waals surface area contributed by atoms with E-state index < -0.39 is 0 Å². The summed E-state index contributed by atoms with van der Waals surface area (Å²) >= 11 is 0. The van der Waals surface area contributed by atoms with E-state index in [1.165, 1.54) is 0 Å². The summed E-state index contributed by atoms with van der Waals surface area (Å²) in [4.78, 5) is 0. The molecule has 1 heteroatoms. The van der Waals surface area contributed by atoms with Crippen LogP contribution < -0.4 is 0 Å². The van der Waals surface area contributed by atoms with E-state index in [-0.39, 0.29) is 25.9 Å². The molecule has 0 aliphatic rings. The Morgan fingerprint density at radius 3 is 1.24 bits per heavy atom. The molecular formula is C16H16Mg. The summed E-state index contributed by atoms with van der Waals surface area (Å²) in [5, 5.41) is 0. The van der Waals surface area contributed by atoms with E-state index >= 15 is 0 Å². The van der Waals surface area contributed by atoms with Gasteiger partial charge in [-0.25, -0.2) is 0 Å². The zero-order valence-corrected chi connectivity index (χ0v) is 11.3. The summed E-state index contributed by atoms with van der Waals surface area (Å²) in [6, 6.07) is 20.3. The van der Waals surface area contributed by atoms with Crippen molar-refractivity contribution in [3.63, 3.8) is 0 Å². The van der Waals surface area contributed by atoms with Gasteiger partial charge in [-0.05, 0) is 22.3 Å². The van der Waals surface area contributed by atoms with Gasteiger partial charge in [0, 0.05) is 0 Å². The van der Waals surface area contributed by atoms with Gasteiger partial charge in [0.15, 0.2) is 0 Å². The molecule has 0 amide bonds. The molecule has 17 heavy (non-hydrogen) atoms. The fourth-order valence-electron chi connectivity index (χ4n) is 1.63. The Morgan fingerprint density at radius 1 is 0.647 bits per heavy atom. The minimum atomic E-state index is 0. The molecule has 0 radical (unpaired) electrons. The van der Waals surface area contributed by atoms with Gasteiger partial charge in [0.25, 0.3) is 0 Å². The first-order valence-electron chi connectivity index (χ1n) is 5.28. The Kier molecular flexibility index (Phi) is 5.20. The van der Waals surface area contributed by atoms with E-state index in [2.05, 4.69) is 37.4 Å². The monoisotopic (exact) mass is 232 g/mol. The quantitative estimate of drug-likeness (QED) is 0.548. The maximum atomic E-state index is 4.10. The maximum Gasteiger partial charge on any atom is 2.00 e. The molecule has 0 saturated heterocycles. The number of hydrogen-bond donors (Lipinski definition) is 0.